The van der Waals surface area contributed by atoms with Gasteiger partial charge in [-0.1, -0.05) is 12.1 Å². The van der Waals surface area contributed by atoms with Crippen LogP contribution in [0.25, 0.3) is 0 Å². The summed E-state index contributed by atoms with van der Waals surface area (Å²) in [6.45, 7) is 0. The second-order valence-corrected chi connectivity index (χ2v) is 8.30. The average Bonchev–Trinajstić information content (AvgIpc) is 2.54. The molecule has 2 aromatic carbocycles. The first-order valence-electron chi connectivity index (χ1n) is 7.27. The predicted octanol–water partition coefficient (Wildman–Crippen LogP) is 4.00. The van der Waals surface area contributed by atoms with Gasteiger partial charge in [0.25, 0.3) is 0 Å². The van der Waals surface area contributed by atoms with E-state index in [1.165, 1.54) is 12.1 Å². The number of halogens is 4. The van der Waals surface area contributed by atoms with Crippen LogP contribution in [0.4, 0.5) is 18.9 Å². The van der Waals surface area contributed by atoms with E-state index in [1.54, 1.807) is 17.0 Å². The molecule has 0 saturated carbocycles. The largest absolute Gasteiger partial charge is 0.534 e. The number of nitrogens with zero attached hydrogens (tertiary/aromatic N) is 1. The number of hydrogen-bond acceptors (Lipinski definition) is 4. The van der Waals surface area contributed by atoms with Crippen LogP contribution in [-0.4, -0.2) is 19.8 Å². The molecule has 1 aliphatic heterocycles. The van der Waals surface area contributed by atoms with Gasteiger partial charge in [0.2, 0.25) is 5.91 Å². The van der Waals surface area contributed by atoms with E-state index in [1.807, 2.05) is 12.1 Å². The topological polar surface area (TPSA) is 63.7 Å². The number of carbonyl (C=O) groups is 1. The summed E-state index contributed by atoms with van der Waals surface area (Å²) in [5.74, 6) is -0.520. The van der Waals surface area contributed by atoms with Gasteiger partial charge >= 0.3 is 15.6 Å². The number of anilines is 1. The molecule has 0 spiro atoms. The van der Waals surface area contributed by atoms with Crippen molar-refractivity contribution in [3.8, 4) is 5.75 Å². The number of benzene rings is 2. The minimum atomic E-state index is -5.71. The number of alkyl halides is 3. The molecule has 0 bridgehead atoms. The highest BCUT2D eigenvalue weighted by molar-refractivity contribution is 14.1. The number of carbonyl (C=O) groups excluding carboxylic acids is 1. The smallest absolute Gasteiger partial charge is 0.376 e. The van der Waals surface area contributed by atoms with E-state index < -0.39 is 21.4 Å². The molecule has 1 heterocycles. The molecule has 138 valence electrons. The van der Waals surface area contributed by atoms with Crippen LogP contribution in [-0.2, 0) is 14.9 Å². The quantitative estimate of drug-likeness (QED) is 0.278. The van der Waals surface area contributed by atoms with Gasteiger partial charge in [0.1, 0.15) is 5.75 Å². The Morgan fingerprint density at radius 3 is 2.12 bits per heavy atom. The standard InChI is InChI=1S/C16H11F3INO4S/c17-16(18,19)26(23,24)25-13-7-1-10(2-8-13)14-9-15(22)21(14)12-5-3-11(20)4-6-12/h1-8,14H,9H2/t14-/m0/s1. The molecule has 0 unspecified atom stereocenters. The van der Waals surface area contributed by atoms with E-state index in [4.69, 9.17) is 0 Å². The van der Waals surface area contributed by atoms with Crippen molar-refractivity contribution in [2.75, 3.05) is 4.90 Å². The molecule has 26 heavy (non-hydrogen) atoms. The van der Waals surface area contributed by atoms with E-state index in [-0.39, 0.29) is 18.4 Å². The van der Waals surface area contributed by atoms with Crippen LogP contribution in [0.5, 0.6) is 5.75 Å². The van der Waals surface area contributed by atoms with Gasteiger partial charge in [-0.05, 0) is 64.6 Å². The van der Waals surface area contributed by atoms with Crippen molar-refractivity contribution >= 4 is 44.3 Å². The Morgan fingerprint density at radius 1 is 1.04 bits per heavy atom. The van der Waals surface area contributed by atoms with Gasteiger partial charge in [0, 0.05) is 9.26 Å². The SMILES string of the molecule is O=C1C[C@@H](c2ccc(OS(=O)(=O)C(F)(F)F)cc2)N1c1ccc(I)cc1. The summed E-state index contributed by atoms with van der Waals surface area (Å²) in [4.78, 5) is 13.5. The van der Waals surface area contributed by atoms with Gasteiger partial charge in [-0.3, -0.25) is 4.79 Å². The minimum absolute atomic E-state index is 0.0730. The molecule has 3 rings (SSSR count). The van der Waals surface area contributed by atoms with Gasteiger partial charge in [-0.25, -0.2) is 0 Å². The maximum atomic E-state index is 12.3. The molecule has 1 fully saturated rings. The maximum absolute atomic E-state index is 12.3. The fourth-order valence-electron chi connectivity index (χ4n) is 2.53. The van der Waals surface area contributed by atoms with Crippen LogP contribution >= 0.6 is 22.6 Å². The lowest BCUT2D eigenvalue weighted by Crippen LogP contribution is -2.46. The maximum Gasteiger partial charge on any atom is 0.534 e. The lowest BCUT2D eigenvalue weighted by Gasteiger charge is -2.40. The first-order valence-corrected chi connectivity index (χ1v) is 9.75. The van der Waals surface area contributed by atoms with Crippen molar-refractivity contribution in [1.82, 2.24) is 0 Å². The van der Waals surface area contributed by atoms with E-state index in [0.29, 0.717) is 11.3 Å². The van der Waals surface area contributed by atoms with Crippen molar-refractivity contribution in [2.24, 2.45) is 0 Å². The Morgan fingerprint density at radius 2 is 1.62 bits per heavy atom. The van der Waals surface area contributed by atoms with E-state index in [2.05, 4.69) is 26.8 Å². The lowest BCUT2D eigenvalue weighted by atomic mass is 9.93. The first kappa shape index (κ1) is 19.0. The second-order valence-electron chi connectivity index (χ2n) is 5.51. The third kappa shape index (κ3) is 3.65. The van der Waals surface area contributed by atoms with Gasteiger partial charge in [0.15, 0.2) is 0 Å². The van der Waals surface area contributed by atoms with Crippen molar-refractivity contribution in [3.63, 3.8) is 0 Å². The number of hydrogen-bond donors (Lipinski definition) is 0. The van der Waals surface area contributed by atoms with Crippen LogP contribution < -0.4 is 9.08 Å². The molecule has 0 radical (unpaired) electrons. The molecule has 1 saturated heterocycles. The summed E-state index contributed by atoms with van der Waals surface area (Å²) in [6.07, 6.45) is 0.257. The van der Waals surface area contributed by atoms with E-state index in [0.717, 1.165) is 15.7 Å². The molecule has 10 heteroatoms. The number of β-lactam (4-membered cyclic amide) rings is 1. The third-order valence-electron chi connectivity index (χ3n) is 3.81. The summed E-state index contributed by atoms with van der Waals surface area (Å²) in [5.41, 5.74) is -4.11. The Bertz CT molecular complexity index is 927. The van der Waals surface area contributed by atoms with Crippen LogP contribution in [0, 0.1) is 3.57 Å². The fraction of sp³-hybridized carbons (Fsp3) is 0.188. The molecule has 1 atom stereocenters. The Balaban J connectivity index is 1.78. The Kier molecular flexibility index (Phi) is 4.90. The highest BCUT2D eigenvalue weighted by atomic mass is 127. The van der Waals surface area contributed by atoms with E-state index >= 15 is 0 Å². The van der Waals surface area contributed by atoms with Crippen LogP contribution in [0.1, 0.15) is 18.0 Å². The average molecular weight is 497 g/mol. The second kappa shape index (κ2) is 6.72. The van der Waals surface area contributed by atoms with Crippen LogP contribution in [0.3, 0.4) is 0 Å². The molecule has 2 aromatic rings. The molecule has 0 aromatic heterocycles. The normalized spacial score (nSPS) is 17.8. The van der Waals surface area contributed by atoms with Gasteiger partial charge in [0.05, 0.1) is 12.5 Å². The zero-order valence-corrected chi connectivity index (χ0v) is 15.9. The van der Waals surface area contributed by atoms with Gasteiger partial charge in [-0.2, -0.15) is 21.6 Å². The number of amides is 1. The summed E-state index contributed by atoms with van der Waals surface area (Å²) >= 11 is 2.15. The molecular weight excluding hydrogens is 486 g/mol. The lowest BCUT2D eigenvalue weighted by molar-refractivity contribution is -0.124. The summed E-state index contributed by atoms with van der Waals surface area (Å²) in [6, 6.07) is 12.2. The molecule has 1 aliphatic rings. The summed E-state index contributed by atoms with van der Waals surface area (Å²) < 4.78 is 64.1. The van der Waals surface area contributed by atoms with Crippen LogP contribution in [0.15, 0.2) is 48.5 Å². The van der Waals surface area contributed by atoms with E-state index in [9.17, 15) is 26.4 Å². The van der Waals surface area contributed by atoms with Gasteiger partial charge < -0.3 is 9.08 Å². The van der Waals surface area contributed by atoms with Crippen molar-refractivity contribution in [2.45, 2.75) is 18.0 Å². The molecule has 0 aliphatic carbocycles. The highest BCUT2D eigenvalue weighted by Gasteiger charge is 2.48. The zero-order chi connectivity index (χ0) is 19.1. The molecule has 5 nitrogen and oxygen atoms in total. The Hall–Kier alpha value is -1.82. The predicted molar refractivity (Wildman–Crippen MR) is 96.0 cm³/mol. The van der Waals surface area contributed by atoms with Crippen molar-refractivity contribution in [1.29, 1.82) is 0 Å². The van der Waals surface area contributed by atoms with Crippen molar-refractivity contribution < 1.29 is 30.6 Å². The minimum Gasteiger partial charge on any atom is -0.376 e. The van der Waals surface area contributed by atoms with Crippen LogP contribution in [0.2, 0.25) is 0 Å². The number of rotatable bonds is 4. The van der Waals surface area contributed by atoms with Gasteiger partial charge in [-0.15, -0.1) is 0 Å². The zero-order valence-electron chi connectivity index (χ0n) is 12.9. The molecule has 0 N–H and O–H groups in total. The highest BCUT2D eigenvalue weighted by Crippen LogP contribution is 2.39. The molecule has 1 amide bonds. The monoisotopic (exact) mass is 497 g/mol. The third-order valence-corrected chi connectivity index (χ3v) is 5.51. The first-order chi connectivity index (χ1) is 12.1. The fourth-order valence-corrected chi connectivity index (χ4v) is 3.35. The molecular formula is C16H11F3INO4S. The summed E-state index contributed by atoms with van der Waals surface area (Å²) in [7, 11) is -5.71. The van der Waals surface area contributed by atoms with Crippen molar-refractivity contribution in [3.05, 3.63) is 57.7 Å². The Labute approximate surface area is 161 Å². The summed E-state index contributed by atoms with van der Waals surface area (Å²) in [5, 5.41) is 0.